The molecule has 2 aliphatic rings. The summed E-state index contributed by atoms with van der Waals surface area (Å²) < 4.78 is 0. The minimum Gasteiger partial charge on any atom is -0.327 e. The molecule has 4 aromatic carbocycles. The summed E-state index contributed by atoms with van der Waals surface area (Å²) >= 11 is 0. The van der Waals surface area contributed by atoms with Gasteiger partial charge in [0.15, 0.2) is 0 Å². The van der Waals surface area contributed by atoms with Gasteiger partial charge in [-0.25, -0.2) is 0 Å². The summed E-state index contributed by atoms with van der Waals surface area (Å²) in [4.78, 5) is 32.4. The summed E-state index contributed by atoms with van der Waals surface area (Å²) in [7, 11) is 0. The van der Waals surface area contributed by atoms with Crippen LogP contribution in [0.3, 0.4) is 0 Å². The van der Waals surface area contributed by atoms with E-state index < -0.39 is 6.04 Å². The number of hydrogen-bond donors (Lipinski definition) is 0. The van der Waals surface area contributed by atoms with Crippen LogP contribution in [-0.2, 0) is 22.7 Å². The number of carbonyl (C=O) groups is 2. The highest BCUT2D eigenvalue weighted by atomic mass is 16.2. The molecule has 2 fully saturated rings. The van der Waals surface area contributed by atoms with E-state index in [0.717, 1.165) is 29.4 Å². The Balaban J connectivity index is 1.16. The first-order chi connectivity index (χ1) is 17.7. The van der Waals surface area contributed by atoms with Crippen LogP contribution in [0.5, 0.6) is 0 Å². The first-order valence-electron chi connectivity index (χ1n) is 12.6. The molecule has 0 spiro atoms. The van der Waals surface area contributed by atoms with Gasteiger partial charge in [0.05, 0.1) is 0 Å². The maximum absolute atomic E-state index is 13.6. The van der Waals surface area contributed by atoms with Gasteiger partial charge in [0, 0.05) is 32.7 Å². The maximum atomic E-state index is 13.6. The Morgan fingerprint density at radius 1 is 0.694 bits per heavy atom. The predicted molar refractivity (Wildman–Crippen MR) is 142 cm³/mol. The van der Waals surface area contributed by atoms with Crippen LogP contribution in [0.15, 0.2) is 97.1 Å². The highest BCUT2D eigenvalue weighted by Crippen LogP contribution is 2.25. The van der Waals surface area contributed by atoms with Crippen molar-refractivity contribution in [2.75, 3.05) is 26.2 Å². The van der Waals surface area contributed by atoms with E-state index in [4.69, 9.17) is 0 Å². The second-order valence-electron chi connectivity index (χ2n) is 9.73. The number of fused-ring (bicyclic) bond motifs is 2. The van der Waals surface area contributed by atoms with Crippen molar-refractivity contribution in [3.8, 4) is 11.1 Å². The topological polar surface area (TPSA) is 43.9 Å². The van der Waals surface area contributed by atoms with E-state index in [-0.39, 0.29) is 18.4 Å². The Kier molecular flexibility index (Phi) is 5.99. The molecule has 0 bridgehead atoms. The molecule has 5 heteroatoms. The third-order valence-corrected chi connectivity index (χ3v) is 7.42. The molecular formula is C31H29N3O2. The first-order valence-corrected chi connectivity index (χ1v) is 12.6. The van der Waals surface area contributed by atoms with Crippen LogP contribution in [0.2, 0.25) is 0 Å². The van der Waals surface area contributed by atoms with Gasteiger partial charge < -0.3 is 9.80 Å². The van der Waals surface area contributed by atoms with Crippen LogP contribution in [0.1, 0.15) is 11.1 Å². The van der Waals surface area contributed by atoms with Crippen LogP contribution in [0.25, 0.3) is 21.9 Å². The lowest BCUT2D eigenvalue weighted by Crippen LogP contribution is -2.66. The highest BCUT2D eigenvalue weighted by Gasteiger charge is 2.42. The molecule has 5 nitrogen and oxygen atoms in total. The van der Waals surface area contributed by atoms with Gasteiger partial charge in [0.2, 0.25) is 11.8 Å². The number of amides is 2. The third kappa shape index (κ3) is 4.38. The molecule has 2 saturated heterocycles. The summed E-state index contributed by atoms with van der Waals surface area (Å²) in [6.07, 6.45) is 0. The Hall–Kier alpha value is -3.96. The van der Waals surface area contributed by atoms with E-state index in [9.17, 15) is 9.59 Å². The Labute approximate surface area is 211 Å². The normalized spacial score (nSPS) is 18.5. The second kappa shape index (κ2) is 9.59. The van der Waals surface area contributed by atoms with Gasteiger partial charge in [-0.1, -0.05) is 97.1 Å². The number of rotatable bonds is 5. The van der Waals surface area contributed by atoms with Crippen LogP contribution in [0.4, 0.5) is 0 Å². The van der Waals surface area contributed by atoms with Crippen molar-refractivity contribution in [2.24, 2.45) is 0 Å². The fraction of sp³-hybridized carbons (Fsp3) is 0.226. The van der Waals surface area contributed by atoms with Gasteiger partial charge in [-0.05, 0) is 33.0 Å². The molecule has 0 aromatic heterocycles. The van der Waals surface area contributed by atoms with Gasteiger partial charge in [-0.15, -0.1) is 0 Å². The fourth-order valence-electron chi connectivity index (χ4n) is 5.50. The monoisotopic (exact) mass is 475 g/mol. The lowest BCUT2D eigenvalue weighted by molar-refractivity contribution is -0.160. The molecule has 0 aliphatic carbocycles. The zero-order valence-electron chi connectivity index (χ0n) is 20.2. The zero-order chi connectivity index (χ0) is 24.5. The maximum Gasteiger partial charge on any atom is 0.247 e. The number of hydrogen-bond acceptors (Lipinski definition) is 3. The molecular weight excluding hydrogens is 446 g/mol. The molecule has 0 N–H and O–H groups in total. The predicted octanol–water partition coefficient (Wildman–Crippen LogP) is 4.56. The second-order valence-corrected chi connectivity index (χ2v) is 9.73. The van der Waals surface area contributed by atoms with Gasteiger partial charge in [-0.3, -0.25) is 14.5 Å². The highest BCUT2D eigenvalue weighted by molar-refractivity contribution is 5.95. The Bertz CT molecular complexity index is 1400. The van der Waals surface area contributed by atoms with Crippen LogP contribution in [-0.4, -0.2) is 58.7 Å². The standard InChI is InChI=1S/C31H29N3O2/c35-30-22-33(20-27-11-6-10-26-9-4-5-12-28(26)27)31(36)29-21-32(17-18-34(29)30)19-23-13-15-25(16-14-23)24-7-2-1-3-8-24/h1-16,29H,17-22H2. The van der Waals surface area contributed by atoms with Crippen molar-refractivity contribution in [3.63, 3.8) is 0 Å². The summed E-state index contributed by atoms with van der Waals surface area (Å²) in [5.74, 6) is 0.0957. The number of piperazine rings is 2. The van der Waals surface area contributed by atoms with Crippen LogP contribution >= 0.6 is 0 Å². The van der Waals surface area contributed by atoms with Crippen molar-refractivity contribution in [1.29, 1.82) is 0 Å². The minimum atomic E-state index is -0.418. The molecule has 2 amide bonds. The quantitative estimate of drug-likeness (QED) is 0.425. The molecule has 36 heavy (non-hydrogen) atoms. The van der Waals surface area contributed by atoms with Crippen molar-refractivity contribution < 1.29 is 9.59 Å². The zero-order valence-corrected chi connectivity index (χ0v) is 20.2. The van der Waals surface area contributed by atoms with E-state index >= 15 is 0 Å². The molecule has 180 valence electrons. The van der Waals surface area contributed by atoms with Gasteiger partial charge >= 0.3 is 0 Å². The third-order valence-electron chi connectivity index (χ3n) is 7.42. The first kappa shape index (κ1) is 22.5. The molecule has 2 heterocycles. The van der Waals surface area contributed by atoms with Crippen LogP contribution in [0, 0.1) is 0 Å². The smallest absolute Gasteiger partial charge is 0.247 e. The van der Waals surface area contributed by atoms with Gasteiger partial charge in [0.25, 0.3) is 0 Å². The largest absolute Gasteiger partial charge is 0.327 e. The average molecular weight is 476 g/mol. The minimum absolute atomic E-state index is 0.0478. The van der Waals surface area contributed by atoms with Crippen LogP contribution < -0.4 is 0 Å². The summed E-state index contributed by atoms with van der Waals surface area (Å²) in [6, 6.07) is 32.9. The fourth-order valence-corrected chi connectivity index (χ4v) is 5.50. The summed E-state index contributed by atoms with van der Waals surface area (Å²) in [5, 5.41) is 2.28. The number of benzene rings is 4. The molecule has 0 saturated carbocycles. The van der Waals surface area contributed by atoms with E-state index in [1.807, 2.05) is 24.3 Å². The molecule has 0 radical (unpaired) electrons. The van der Waals surface area contributed by atoms with Crippen molar-refractivity contribution in [1.82, 2.24) is 14.7 Å². The lowest BCUT2D eigenvalue weighted by Gasteiger charge is -2.46. The number of nitrogens with zero attached hydrogens (tertiary/aromatic N) is 3. The molecule has 4 aromatic rings. The van der Waals surface area contributed by atoms with Gasteiger partial charge in [-0.2, -0.15) is 0 Å². The Morgan fingerprint density at radius 3 is 2.25 bits per heavy atom. The van der Waals surface area contributed by atoms with Crippen molar-refractivity contribution >= 4 is 22.6 Å². The van der Waals surface area contributed by atoms with Crippen molar-refractivity contribution in [2.45, 2.75) is 19.1 Å². The van der Waals surface area contributed by atoms with E-state index in [1.54, 1.807) is 9.80 Å². The average Bonchev–Trinajstić information content (AvgIpc) is 2.93. The molecule has 1 atom stereocenters. The van der Waals surface area contributed by atoms with E-state index in [2.05, 4.69) is 77.7 Å². The van der Waals surface area contributed by atoms with E-state index in [1.165, 1.54) is 16.7 Å². The lowest BCUT2D eigenvalue weighted by atomic mass is 10.0. The molecule has 6 rings (SSSR count). The molecule has 1 unspecified atom stereocenters. The summed E-state index contributed by atoms with van der Waals surface area (Å²) in [5.41, 5.74) is 4.69. The Morgan fingerprint density at radius 2 is 1.42 bits per heavy atom. The SMILES string of the molecule is O=C1C2CN(Cc3ccc(-c4ccccc4)cc3)CCN2C(=O)CN1Cc1cccc2ccccc12. The molecule has 2 aliphatic heterocycles. The number of carbonyl (C=O) groups excluding carboxylic acids is 2. The van der Waals surface area contributed by atoms with E-state index in [0.29, 0.717) is 19.6 Å². The summed E-state index contributed by atoms with van der Waals surface area (Å²) in [6.45, 7) is 3.32. The van der Waals surface area contributed by atoms with Gasteiger partial charge in [0.1, 0.15) is 12.6 Å². The van der Waals surface area contributed by atoms with Crippen molar-refractivity contribution in [3.05, 3.63) is 108 Å².